The summed E-state index contributed by atoms with van der Waals surface area (Å²) in [5, 5.41) is 21.9. The molecule has 0 radical (unpaired) electrons. The van der Waals surface area contributed by atoms with Crippen LogP contribution in [0.5, 0.6) is 0 Å². The number of benzene rings is 13. The van der Waals surface area contributed by atoms with E-state index in [2.05, 4.69) is 257 Å². The minimum absolute atomic E-state index is 1.26. The average molecular weight is 947 g/mol. The fraction of sp³-hybridized carbons (Fsp3) is 0.0571. The standard InChI is InChI=1S/C70H50Si2/c1-71(2)61-38-36-58-57(69(61)59-34-32-47(41-63(59)71)67-51-24-12-10-22-49(51)65(44-19-6-5-7-20-44)50-23-11-13-25-52(50)67)37-39-62-70(58)60-35-33-48(42-64(60)72(62,3)4)68-55-28-16-14-26-53(55)66(54-27-15-17-29-56(54)68)46-31-30-43-18-8-9-21-45(43)40-46/h5-42H,1-4H3. The molecule has 2 heterocycles. The molecule has 0 saturated heterocycles. The van der Waals surface area contributed by atoms with Crippen LogP contribution in [0.15, 0.2) is 231 Å². The molecule has 2 aliphatic heterocycles. The Balaban J connectivity index is 0.889. The highest BCUT2D eigenvalue weighted by molar-refractivity contribution is 7.05. The van der Waals surface area contributed by atoms with Gasteiger partial charge in [0.2, 0.25) is 0 Å². The molecule has 338 valence electrons. The van der Waals surface area contributed by atoms with Crippen molar-refractivity contribution in [3.63, 3.8) is 0 Å². The van der Waals surface area contributed by atoms with Crippen LogP contribution in [0.25, 0.3) is 131 Å². The highest BCUT2D eigenvalue weighted by Gasteiger charge is 2.42. The van der Waals surface area contributed by atoms with E-state index < -0.39 is 16.1 Å². The number of rotatable bonds is 4. The lowest BCUT2D eigenvalue weighted by atomic mass is 9.85. The maximum atomic E-state index is 2.59. The summed E-state index contributed by atoms with van der Waals surface area (Å²) in [6.45, 7) is 10.3. The number of hydrogen-bond acceptors (Lipinski definition) is 0. The molecule has 2 aliphatic rings. The second-order valence-corrected chi connectivity index (χ2v) is 30.1. The van der Waals surface area contributed by atoms with Crippen molar-refractivity contribution in [2.75, 3.05) is 0 Å². The molecule has 0 atom stereocenters. The van der Waals surface area contributed by atoms with E-state index in [-0.39, 0.29) is 0 Å². The van der Waals surface area contributed by atoms with Crippen LogP contribution in [0.4, 0.5) is 0 Å². The lowest BCUT2D eigenvalue weighted by molar-refractivity contribution is 1.66. The first-order valence-corrected chi connectivity index (χ1v) is 31.6. The first-order valence-electron chi connectivity index (χ1n) is 25.6. The number of fused-ring (bicyclic) bond motifs is 14. The molecule has 0 aliphatic carbocycles. The zero-order valence-corrected chi connectivity index (χ0v) is 42.9. The van der Waals surface area contributed by atoms with Gasteiger partial charge in [0.15, 0.2) is 0 Å². The van der Waals surface area contributed by atoms with Crippen LogP contribution in [0, 0.1) is 0 Å². The summed E-state index contributed by atoms with van der Waals surface area (Å²) in [4.78, 5) is 0. The topological polar surface area (TPSA) is 0 Å². The van der Waals surface area contributed by atoms with E-state index >= 15 is 0 Å². The van der Waals surface area contributed by atoms with E-state index in [1.165, 1.54) is 142 Å². The van der Waals surface area contributed by atoms with E-state index in [1.807, 2.05) is 0 Å². The predicted octanol–water partition coefficient (Wildman–Crippen LogP) is 16.9. The molecule has 0 N–H and O–H groups in total. The third-order valence-corrected chi connectivity index (χ3v) is 24.1. The maximum absolute atomic E-state index is 2.59. The van der Waals surface area contributed by atoms with E-state index in [9.17, 15) is 0 Å². The van der Waals surface area contributed by atoms with E-state index in [0.717, 1.165) is 0 Å². The van der Waals surface area contributed by atoms with Gasteiger partial charge in [-0.05, 0) is 158 Å². The number of hydrogen-bond donors (Lipinski definition) is 0. The van der Waals surface area contributed by atoms with Crippen LogP contribution in [-0.2, 0) is 0 Å². The molecule has 13 aromatic carbocycles. The van der Waals surface area contributed by atoms with Crippen molar-refractivity contribution in [3.05, 3.63) is 231 Å². The fourth-order valence-corrected chi connectivity index (χ4v) is 19.8. The van der Waals surface area contributed by atoms with Crippen molar-refractivity contribution in [1.82, 2.24) is 0 Å². The van der Waals surface area contributed by atoms with Gasteiger partial charge < -0.3 is 0 Å². The zero-order valence-electron chi connectivity index (χ0n) is 40.9. The van der Waals surface area contributed by atoms with Gasteiger partial charge in [-0.3, -0.25) is 0 Å². The molecule has 0 fully saturated rings. The third-order valence-electron chi connectivity index (χ3n) is 17.0. The van der Waals surface area contributed by atoms with Gasteiger partial charge in [-0.2, -0.15) is 0 Å². The van der Waals surface area contributed by atoms with Gasteiger partial charge in [0.05, 0.1) is 0 Å². The monoisotopic (exact) mass is 946 g/mol. The third kappa shape index (κ3) is 5.73. The Morgan fingerprint density at radius 3 is 0.944 bits per heavy atom. The van der Waals surface area contributed by atoms with Gasteiger partial charge in [0.1, 0.15) is 16.1 Å². The van der Waals surface area contributed by atoms with E-state index in [4.69, 9.17) is 0 Å². The normalized spacial score (nSPS) is 14.1. The highest BCUT2D eigenvalue weighted by atomic mass is 28.3. The summed E-state index contributed by atoms with van der Waals surface area (Å²) in [6.07, 6.45) is 0. The van der Waals surface area contributed by atoms with E-state index in [0.29, 0.717) is 0 Å². The van der Waals surface area contributed by atoms with Crippen LogP contribution >= 0.6 is 0 Å². The van der Waals surface area contributed by atoms with Crippen LogP contribution in [0.1, 0.15) is 0 Å². The Morgan fingerprint density at radius 2 is 0.528 bits per heavy atom. The van der Waals surface area contributed by atoms with Gasteiger partial charge in [-0.25, -0.2) is 0 Å². The van der Waals surface area contributed by atoms with Gasteiger partial charge in [-0.1, -0.05) is 251 Å². The van der Waals surface area contributed by atoms with Crippen molar-refractivity contribution in [2.24, 2.45) is 0 Å². The summed E-state index contributed by atoms with van der Waals surface area (Å²) in [5.74, 6) is 0. The molecular formula is C70H50Si2. The summed E-state index contributed by atoms with van der Waals surface area (Å²) in [7, 11) is -4.23. The van der Waals surface area contributed by atoms with Crippen LogP contribution < -0.4 is 20.7 Å². The molecular weight excluding hydrogens is 897 g/mol. The molecule has 2 heteroatoms. The Bertz CT molecular complexity index is 4380. The molecule has 0 spiro atoms. The lowest BCUT2D eigenvalue weighted by Crippen LogP contribution is -2.49. The second kappa shape index (κ2) is 15.2. The average Bonchev–Trinajstić information content (AvgIpc) is 3.80. The van der Waals surface area contributed by atoms with Gasteiger partial charge in [0.25, 0.3) is 0 Å². The minimum atomic E-state index is -2.12. The Hall–Kier alpha value is -8.15. The maximum Gasteiger partial charge on any atom is 0.113 e. The molecule has 0 bridgehead atoms. The molecule has 0 saturated carbocycles. The Labute approximate surface area is 422 Å². The quantitative estimate of drug-likeness (QED) is 0.122. The summed E-state index contributed by atoms with van der Waals surface area (Å²) in [5.41, 5.74) is 16.1. The lowest BCUT2D eigenvalue weighted by Gasteiger charge is -2.22. The predicted molar refractivity (Wildman–Crippen MR) is 318 cm³/mol. The van der Waals surface area contributed by atoms with Crippen molar-refractivity contribution >= 4 is 102 Å². The second-order valence-electron chi connectivity index (χ2n) is 21.5. The smallest absolute Gasteiger partial charge is 0.0622 e. The molecule has 13 aromatic rings. The molecule has 0 nitrogen and oxygen atoms in total. The van der Waals surface area contributed by atoms with Crippen molar-refractivity contribution < 1.29 is 0 Å². The molecule has 72 heavy (non-hydrogen) atoms. The van der Waals surface area contributed by atoms with E-state index in [1.54, 1.807) is 10.4 Å². The summed E-state index contributed by atoms with van der Waals surface area (Å²) in [6, 6.07) is 88.0. The zero-order chi connectivity index (χ0) is 48.0. The van der Waals surface area contributed by atoms with Crippen molar-refractivity contribution in [2.45, 2.75) is 26.2 Å². The summed E-state index contributed by atoms with van der Waals surface area (Å²) >= 11 is 0. The Kier molecular flexibility index (Phi) is 8.78. The molecule has 0 amide bonds. The largest absolute Gasteiger partial charge is 0.113 e. The van der Waals surface area contributed by atoms with Crippen molar-refractivity contribution in [3.8, 4) is 66.8 Å². The SMILES string of the molecule is C[Si]1(C)c2cc(-c3c4ccccc4c(-c4ccccc4)c4ccccc34)ccc2-c2c1ccc1c3c(ccc21)[Si](C)(C)c1cc(-c2c4ccccc4c(-c4ccc5ccccc5c4)c4ccccc24)ccc1-3. The van der Waals surface area contributed by atoms with Gasteiger partial charge >= 0.3 is 0 Å². The molecule has 15 rings (SSSR count). The first kappa shape index (κ1) is 41.6. The fourth-order valence-electron chi connectivity index (χ4n) is 13.6. The van der Waals surface area contributed by atoms with Crippen LogP contribution in [0.3, 0.4) is 0 Å². The van der Waals surface area contributed by atoms with Crippen LogP contribution in [0.2, 0.25) is 26.2 Å². The summed E-state index contributed by atoms with van der Waals surface area (Å²) < 4.78 is 0. The highest BCUT2D eigenvalue weighted by Crippen LogP contribution is 2.48. The first-order chi connectivity index (χ1) is 35.3. The van der Waals surface area contributed by atoms with Gasteiger partial charge in [0, 0.05) is 0 Å². The van der Waals surface area contributed by atoms with Crippen LogP contribution in [-0.4, -0.2) is 16.1 Å². The molecule has 0 unspecified atom stereocenters. The molecule has 0 aromatic heterocycles. The minimum Gasteiger partial charge on any atom is -0.0622 e. The Morgan fingerprint density at radius 1 is 0.208 bits per heavy atom. The van der Waals surface area contributed by atoms with Crippen molar-refractivity contribution in [1.29, 1.82) is 0 Å². The van der Waals surface area contributed by atoms with Gasteiger partial charge in [-0.15, -0.1) is 0 Å².